The second-order valence-corrected chi connectivity index (χ2v) is 4.31. The predicted octanol–water partition coefficient (Wildman–Crippen LogP) is 0.724. The van der Waals surface area contributed by atoms with Crippen molar-refractivity contribution < 1.29 is 4.74 Å². The van der Waals surface area contributed by atoms with Crippen molar-refractivity contribution in [2.45, 2.75) is 39.3 Å². The minimum absolute atomic E-state index is 0.144. The van der Waals surface area contributed by atoms with Gasteiger partial charge in [-0.15, -0.1) is 0 Å². The molecule has 0 bridgehead atoms. The van der Waals surface area contributed by atoms with E-state index in [0.717, 1.165) is 13.0 Å². The van der Waals surface area contributed by atoms with Crippen molar-refractivity contribution in [2.75, 3.05) is 13.7 Å². The third-order valence-corrected chi connectivity index (χ3v) is 3.11. The molecule has 0 aromatic carbocycles. The molecule has 0 aromatic heterocycles. The van der Waals surface area contributed by atoms with E-state index < -0.39 is 0 Å². The van der Waals surface area contributed by atoms with Crippen molar-refractivity contribution in [3.63, 3.8) is 0 Å². The molecule has 1 aliphatic carbocycles. The lowest BCUT2D eigenvalue weighted by Crippen LogP contribution is -2.63. The Labute approximate surface area is 85.9 Å². The van der Waals surface area contributed by atoms with E-state index in [1.54, 1.807) is 7.05 Å². The number of hydrogen-bond donors (Lipinski definition) is 2. The fraction of sp³-hybridized carbons (Fsp3) is 0.900. The largest absolute Gasteiger partial charge is 0.378 e. The zero-order valence-corrected chi connectivity index (χ0v) is 9.50. The number of aliphatic imine (C=N–C) groups is 1. The third kappa shape index (κ3) is 2.00. The normalized spacial score (nSPS) is 31.0. The fourth-order valence-electron chi connectivity index (χ4n) is 1.86. The summed E-state index contributed by atoms with van der Waals surface area (Å²) in [5.74, 6) is 0.512. The molecule has 82 valence electrons. The summed E-state index contributed by atoms with van der Waals surface area (Å²) in [7, 11) is 1.69. The van der Waals surface area contributed by atoms with Crippen LogP contribution in [0.15, 0.2) is 4.99 Å². The topological polar surface area (TPSA) is 59.6 Å². The number of nitrogens with zero attached hydrogens (tertiary/aromatic N) is 1. The first kappa shape index (κ1) is 11.3. The Kier molecular flexibility index (Phi) is 3.37. The summed E-state index contributed by atoms with van der Waals surface area (Å²) in [5, 5.41) is 3.19. The molecule has 2 atom stereocenters. The molecule has 4 heteroatoms. The average Bonchev–Trinajstić information content (AvgIpc) is 2.16. The molecule has 1 aliphatic rings. The highest BCUT2D eigenvalue weighted by molar-refractivity contribution is 5.78. The summed E-state index contributed by atoms with van der Waals surface area (Å²) < 4.78 is 5.62. The number of guanidine groups is 1. The Morgan fingerprint density at radius 3 is 2.71 bits per heavy atom. The molecule has 0 aliphatic heterocycles. The molecule has 0 saturated heterocycles. The standard InChI is InChI=1S/C10H21N3O/c1-5-14-8-6-7(10(8,2)3)13-9(11)12-4/h7-8H,5-6H2,1-4H3,(H3,11,12,13). The summed E-state index contributed by atoms with van der Waals surface area (Å²) in [5.41, 5.74) is 5.77. The Morgan fingerprint density at radius 2 is 2.29 bits per heavy atom. The Morgan fingerprint density at radius 1 is 1.64 bits per heavy atom. The van der Waals surface area contributed by atoms with Crippen LogP contribution >= 0.6 is 0 Å². The second-order valence-electron chi connectivity index (χ2n) is 4.31. The molecular weight excluding hydrogens is 178 g/mol. The monoisotopic (exact) mass is 199 g/mol. The lowest BCUT2D eigenvalue weighted by Gasteiger charge is -2.51. The van der Waals surface area contributed by atoms with Crippen LogP contribution < -0.4 is 11.1 Å². The van der Waals surface area contributed by atoms with Crippen LogP contribution in [0.5, 0.6) is 0 Å². The van der Waals surface area contributed by atoms with Gasteiger partial charge in [-0.25, -0.2) is 0 Å². The molecule has 4 nitrogen and oxygen atoms in total. The molecular formula is C10H21N3O. The van der Waals surface area contributed by atoms with E-state index in [1.165, 1.54) is 0 Å². The van der Waals surface area contributed by atoms with Crippen LogP contribution in [0, 0.1) is 5.41 Å². The van der Waals surface area contributed by atoms with Crippen molar-refractivity contribution in [3.8, 4) is 0 Å². The first-order valence-electron chi connectivity index (χ1n) is 5.12. The van der Waals surface area contributed by atoms with Crippen LogP contribution in [-0.4, -0.2) is 31.8 Å². The second kappa shape index (κ2) is 4.17. The van der Waals surface area contributed by atoms with Gasteiger partial charge in [0.25, 0.3) is 0 Å². The summed E-state index contributed by atoms with van der Waals surface area (Å²) in [4.78, 5) is 3.89. The van der Waals surface area contributed by atoms with Gasteiger partial charge in [0.15, 0.2) is 5.96 Å². The predicted molar refractivity (Wildman–Crippen MR) is 58.3 cm³/mol. The molecule has 14 heavy (non-hydrogen) atoms. The quantitative estimate of drug-likeness (QED) is 0.520. The van der Waals surface area contributed by atoms with Gasteiger partial charge < -0.3 is 15.8 Å². The third-order valence-electron chi connectivity index (χ3n) is 3.11. The van der Waals surface area contributed by atoms with Gasteiger partial charge in [0, 0.05) is 25.1 Å². The smallest absolute Gasteiger partial charge is 0.188 e. The molecule has 2 unspecified atom stereocenters. The highest BCUT2D eigenvalue weighted by Crippen LogP contribution is 2.42. The number of nitrogens with two attached hydrogens (primary N) is 1. The highest BCUT2D eigenvalue weighted by atomic mass is 16.5. The Hall–Kier alpha value is -0.770. The van der Waals surface area contributed by atoms with Gasteiger partial charge in [-0.05, 0) is 13.3 Å². The SMILES string of the molecule is CCOC1CC(NC(N)=NC)C1(C)C. The zero-order valence-electron chi connectivity index (χ0n) is 9.50. The molecule has 0 radical (unpaired) electrons. The molecule has 0 heterocycles. The molecule has 0 amide bonds. The fourth-order valence-corrected chi connectivity index (χ4v) is 1.86. The van der Waals surface area contributed by atoms with Crippen molar-refractivity contribution in [2.24, 2.45) is 16.1 Å². The minimum atomic E-state index is 0.144. The van der Waals surface area contributed by atoms with E-state index >= 15 is 0 Å². The summed E-state index contributed by atoms with van der Waals surface area (Å²) in [6.45, 7) is 7.19. The van der Waals surface area contributed by atoms with E-state index in [2.05, 4.69) is 24.2 Å². The lowest BCUT2D eigenvalue weighted by atomic mass is 9.64. The van der Waals surface area contributed by atoms with Crippen molar-refractivity contribution in [1.29, 1.82) is 0 Å². The van der Waals surface area contributed by atoms with E-state index in [4.69, 9.17) is 10.5 Å². The molecule has 1 rings (SSSR count). The van der Waals surface area contributed by atoms with Crippen LogP contribution in [0.25, 0.3) is 0 Å². The maximum absolute atomic E-state index is 5.62. The molecule has 0 spiro atoms. The number of nitrogens with one attached hydrogen (secondary N) is 1. The average molecular weight is 199 g/mol. The molecule has 0 aromatic rings. The van der Waals surface area contributed by atoms with E-state index in [1.807, 2.05) is 6.92 Å². The zero-order chi connectivity index (χ0) is 10.8. The van der Waals surface area contributed by atoms with Gasteiger partial charge in [0.2, 0.25) is 0 Å². The summed E-state index contributed by atoms with van der Waals surface area (Å²) in [6, 6.07) is 0.378. The maximum atomic E-state index is 5.62. The van der Waals surface area contributed by atoms with Crippen LogP contribution in [0.1, 0.15) is 27.2 Å². The minimum Gasteiger partial charge on any atom is -0.378 e. The van der Waals surface area contributed by atoms with Crippen LogP contribution in [0.2, 0.25) is 0 Å². The molecule has 3 N–H and O–H groups in total. The number of hydrogen-bond acceptors (Lipinski definition) is 2. The van der Waals surface area contributed by atoms with Gasteiger partial charge in [-0.1, -0.05) is 13.8 Å². The van der Waals surface area contributed by atoms with E-state index in [9.17, 15) is 0 Å². The summed E-state index contributed by atoms with van der Waals surface area (Å²) in [6.07, 6.45) is 1.35. The van der Waals surface area contributed by atoms with Gasteiger partial charge in [0.1, 0.15) is 0 Å². The number of rotatable bonds is 3. The first-order chi connectivity index (χ1) is 6.52. The van der Waals surface area contributed by atoms with Gasteiger partial charge in [-0.2, -0.15) is 0 Å². The van der Waals surface area contributed by atoms with Gasteiger partial charge >= 0.3 is 0 Å². The summed E-state index contributed by atoms with van der Waals surface area (Å²) >= 11 is 0. The first-order valence-corrected chi connectivity index (χ1v) is 5.12. The van der Waals surface area contributed by atoms with Crippen molar-refractivity contribution >= 4 is 5.96 Å². The van der Waals surface area contributed by atoms with Crippen molar-refractivity contribution in [3.05, 3.63) is 0 Å². The maximum Gasteiger partial charge on any atom is 0.188 e. The highest BCUT2D eigenvalue weighted by Gasteiger charge is 2.49. The van der Waals surface area contributed by atoms with Gasteiger partial charge in [0.05, 0.1) is 6.10 Å². The van der Waals surface area contributed by atoms with E-state index in [0.29, 0.717) is 18.1 Å². The lowest BCUT2D eigenvalue weighted by molar-refractivity contribution is -0.109. The molecule has 1 saturated carbocycles. The van der Waals surface area contributed by atoms with Gasteiger partial charge in [-0.3, -0.25) is 4.99 Å². The Bertz CT molecular complexity index is 225. The Balaban J connectivity index is 2.46. The van der Waals surface area contributed by atoms with Crippen LogP contribution in [-0.2, 0) is 4.74 Å². The number of ether oxygens (including phenoxy) is 1. The molecule has 1 fully saturated rings. The van der Waals surface area contributed by atoms with Crippen molar-refractivity contribution in [1.82, 2.24) is 5.32 Å². The van der Waals surface area contributed by atoms with Crippen LogP contribution in [0.4, 0.5) is 0 Å². The van der Waals surface area contributed by atoms with E-state index in [-0.39, 0.29) is 5.41 Å². The van der Waals surface area contributed by atoms with Crippen LogP contribution in [0.3, 0.4) is 0 Å².